The zero-order valence-corrected chi connectivity index (χ0v) is 14.7. The van der Waals surface area contributed by atoms with Crippen LogP contribution in [0.25, 0.3) is 11.6 Å². The van der Waals surface area contributed by atoms with E-state index in [-0.39, 0.29) is 5.91 Å². The largest absolute Gasteiger partial charge is 0.489 e. The molecular formula is C22H16ClNO2. The molecule has 1 aliphatic heterocycles. The third-order valence-corrected chi connectivity index (χ3v) is 4.42. The molecule has 3 aromatic rings. The van der Waals surface area contributed by atoms with Crippen molar-refractivity contribution in [3.05, 3.63) is 94.5 Å². The molecule has 0 atom stereocenters. The number of nitrogens with one attached hydrogen (secondary N) is 1. The van der Waals surface area contributed by atoms with E-state index in [4.69, 9.17) is 16.3 Å². The van der Waals surface area contributed by atoms with Gasteiger partial charge in [0, 0.05) is 21.8 Å². The molecule has 0 saturated heterocycles. The molecule has 0 aromatic heterocycles. The Balaban J connectivity index is 1.58. The fourth-order valence-corrected chi connectivity index (χ4v) is 3.08. The van der Waals surface area contributed by atoms with E-state index in [9.17, 15) is 4.79 Å². The maximum atomic E-state index is 12.3. The van der Waals surface area contributed by atoms with Crippen molar-refractivity contribution in [3.63, 3.8) is 0 Å². The zero-order valence-electron chi connectivity index (χ0n) is 13.9. The normalized spacial score (nSPS) is 14.2. The van der Waals surface area contributed by atoms with Crippen LogP contribution in [0.15, 0.2) is 72.8 Å². The first-order valence-electron chi connectivity index (χ1n) is 8.29. The Morgan fingerprint density at radius 3 is 2.65 bits per heavy atom. The van der Waals surface area contributed by atoms with Crippen molar-refractivity contribution in [2.24, 2.45) is 0 Å². The van der Waals surface area contributed by atoms with Crippen molar-refractivity contribution in [2.75, 3.05) is 5.32 Å². The summed E-state index contributed by atoms with van der Waals surface area (Å²) < 4.78 is 5.86. The number of carbonyl (C=O) groups is 1. The molecule has 26 heavy (non-hydrogen) atoms. The van der Waals surface area contributed by atoms with E-state index < -0.39 is 0 Å². The second kappa shape index (κ2) is 7.06. The highest BCUT2D eigenvalue weighted by Crippen LogP contribution is 2.35. The van der Waals surface area contributed by atoms with Crippen LogP contribution in [0.4, 0.5) is 5.69 Å². The molecule has 1 N–H and O–H groups in total. The molecule has 0 bridgehead atoms. The summed E-state index contributed by atoms with van der Waals surface area (Å²) in [5.74, 6) is 0.630. The van der Waals surface area contributed by atoms with Crippen LogP contribution < -0.4 is 10.1 Å². The minimum atomic E-state index is -0.127. The molecule has 0 aliphatic carbocycles. The number of anilines is 1. The number of hydrogen-bond acceptors (Lipinski definition) is 2. The van der Waals surface area contributed by atoms with Gasteiger partial charge in [-0.3, -0.25) is 4.79 Å². The quantitative estimate of drug-likeness (QED) is 0.631. The number of carbonyl (C=O) groups excluding carboxylic acids is 1. The molecule has 0 fully saturated rings. The number of halogens is 1. The zero-order chi connectivity index (χ0) is 17.9. The third kappa shape index (κ3) is 3.48. The van der Waals surface area contributed by atoms with Crippen molar-refractivity contribution in [1.29, 1.82) is 0 Å². The lowest BCUT2D eigenvalue weighted by Crippen LogP contribution is -2.03. The Labute approximate surface area is 156 Å². The van der Waals surface area contributed by atoms with Gasteiger partial charge in [-0.05, 0) is 47.5 Å². The molecule has 0 spiro atoms. The average molecular weight is 362 g/mol. The maximum absolute atomic E-state index is 12.3. The molecular weight excluding hydrogens is 346 g/mol. The molecule has 1 aliphatic rings. The summed E-state index contributed by atoms with van der Waals surface area (Å²) in [5.41, 5.74) is 4.20. The van der Waals surface area contributed by atoms with Gasteiger partial charge < -0.3 is 10.1 Å². The standard InChI is InChI=1S/C22H16ClNO2/c23-17-9-10-21-19(13-17)20(22(25)24-21)12-16-7-4-8-18(11-16)26-14-15-5-2-1-3-6-15/h1-13H,14H2,(H,24,25)/b20-12-. The van der Waals surface area contributed by atoms with Crippen LogP contribution >= 0.6 is 11.6 Å². The summed E-state index contributed by atoms with van der Waals surface area (Å²) in [6.07, 6.45) is 1.85. The minimum Gasteiger partial charge on any atom is -0.489 e. The molecule has 1 amide bonds. The van der Waals surface area contributed by atoms with Crippen LogP contribution in [0.3, 0.4) is 0 Å². The van der Waals surface area contributed by atoms with Gasteiger partial charge in [0.15, 0.2) is 0 Å². The Morgan fingerprint density at radius 2 is 1.81 bits per heavy atom. The lowest BCUT2D eigenvalue weighted by atomic mass is 10.0. The number of hydrogen-bond donors (Lipinski definition) is 1. The Hall–Kier alpha value is -3.04. The van der Waals surface area contributed by atoms with Crippen molar-refractivity contribution in [1.82, 2.24) is 0 Å². The van der Waals surface area contributed by atoms with Gasteiger partial charge in [0.25, 0.3) is 5.91 Å². The van der Waals surface area contributed by atoms with Crippen molar-refractivity contribution >= 4 is 34.8 Å². The Morgan fingerprint density at radius 1 is 0.962 bits per heavy atom. The molecule has 4 heteroatoms. The van der Waals surface area contributed by atoms with Gasteiger partial charge in [-0.1, -0.05) is 54.1 Å². The monoisotopic (exact) mass is 361 g/mol. The van der Waals surface area contributed by atoms with Crippen LogP contribution in [0.2, 0.25) is 5.02 Å². The predicted octanol–water partition coefficient (Wildman–Crippen LogP) is 5.41. The van der Waals surface area contributed by atoms with Gasteiger partial charge in [0.1, 0.15) is 12.4 Å². The van der Waals surface area contributed by atoms with Crippen molar-refractivity contribution in [3.8, 4) is 5.75 Å². The van der Waals surface area contributed by atoms with E-state index in [0.717, 1.165) is 28.1 Å². The van der Waals surface area contributed by atoms with Crippen LogP contribution in [-0.4, -0.2) is 5.91 Å². The summed E-state index contributed by atoms with van der Waals surface area (Å²) in [5, 5.41) is 3.46. The number of rotatable bonds is 4. The first-order valence-corrected chi connectivity index (χ1v) is 8.66. The lowest BCUT2D eigenvalue weighted by molar-refractivity contribution is -0.110. The fourth-order valence-electron chi connectivity index (χ4n) is 2.91. The average Bonchev–Trinajstić information content (AvgIpc) is 2.96. The predicted molar refractivity (Wildman–Crippen MR) is 105 cm³/mol. The number of amides is 1. The van der Waals surface area contributed by atoms with E-state index in [1.807, 2.05) is 66.7 Å². The third-order valence-electron chi connectivity index (χ3n) is 4.18. The number of fused-ring (bicyclic) bond motifs is 1. The fraction of sp³-hybridized carbons (Fsp3) is 0.0455. The van der Waals surface area contributed by atoms with Gasteiger partial charge in [-0.25, -0.2) is 0 Å². The summed E-state index contributed by atoms with van der Waals surface area (Å²) in [7, 11) is 0. The van der Waals surface area contributed by atoms with Gasteiger partial charge in [0.05, 0.1) is 0 Å². The van der Waals surface area contributed by atoms with Crippen molar-refractivity contribution in [2.45, 2.75) is 6.61 Å². The highest BCUT2D eigenvalue weighted by Gasteiger charge is 2.24. The second-order valence-corrected chi connectivity index (χ2v) is 6.49. The van der Waals surface area contributed by atoms with Crippen LogP contribution in [0.1, 0.15) is 16.7 Å². The SMILES string of the molecule is O=C1Nc2ccc(Cl)cc2/C1=C/c1cccc(OCc2ccccc2)c1. The molecule has 0 unspecified atom stereocenters. The first kappa shape index (κ1) is 16.4. The molecule has 3 nitrogen and oxygen atoms in total. The summed E-state index contributed by atoms with van der Waals surface area (Å²) in [4.78, 5) is 12.3. The number of ether oxygens (including phenoxy) is 1. The highest BCUT2D eigenvalue weighted by atomic mass is 35.5. The summed E-state index contributed by atoms with van der Waals surface area (Å²) in [6, 6.07) is 23.1. The van der Waals surface area contributed by atoms with Crippen LogP contribution in [0, 0.1) is 0 Å². The summed E-state index contributed by atoms with van der Waals surface area (Å²) >= 11 is 6.08. The van der Waals surface area contributed by atoms with Crippen molar-refractivity contribution < 1.29 is 9.53 Å². The van der Waals surface area contributed by atoms with Gasteiger partial charge >= 0.3 is 0 Å². The van der Waals surface area contributed by atoms with Gasteiger partial charge in [-0.15, -0.1) is 0 Å². The molecule has 4 rings (SSSR count). The molecule has 128 valence electrons. The van der Waals surface area contributed by atoms with E-state index in [1.165, 1.54) is 0 Å². The topological polar surface area (TPSA) is 38.3 Å². The van der Waals surface area contributed by atoms with E-state index in [1.54, 1.807) is 12.1 Å². The molecule has 1 heterocycles. The smallest absolute Gasteiger partial charge is 0.256 e. The highest BCUT2D eigenvalue weighted by molar-refractivity contribution is 6.36. The minimum absolute atomic E-state index is 0.127. The second-order valence-electron chi connectivity index (χ2n) is 6.05. The first-order chi connectivity index (χ1) is 12.7. The maximum Gasteiger partial charge on any atom is 0.256 e. The molecule has 0 saturated carbocycles. The van der Waals surface area contributed by atoms with Gasteiger partial charge in [-0.2, -0.15) is 0 Å². The Kier molecular flexibility index (Phi) is 4.46. The van der Waals surface area contributed by atoms with E-state index in [2.05, 4.69) is 5.32 Å². The lowest BCUT2D eigenvalue weighted by Gasteiger charge is -2.07. The van der Waals surface area contributed by atoms with Crippen LogP contribution in [0.5, 0.6) is 5.75 Å². The van der Waals surface area contributed by atoms with E-state index in [0.29, 0.717) is 17.2 Å². The van der Waals surface area contributed by atoms with Gasteiger partial charge in [0.2, 0.25) is 0 Å². The Bertz CT molecular complexity index is 996. The molecule has 3 aromatic carbocycles. The van der Waals surface area contributed by atoms with E-state index >= 15 is 0 Å². The summed E-state index contributed by atoms with van der Waals surface area (Å²) in [6.45, 7) is 0.500. The number of benzene rings is 3. The van der Waals surface area contributed by atoms with Crippen LogP contribution in [-0.2, 0) is 11.4 Å². The molecule has 0 radical (unpaired) electrons.